The standard InChI is InChI=1S/C21H36N4O3/c22-21(26)14-12-10-8-6-4-2-1-3-5-7-9-11-13-18-15-16-19(24-23)20(17-18)25(27)28/h15-17,24H,1-14,23H2,(H2,22,26). The summed E-state index contributed by atoms with van der Waals surface area (Å²) < 4.78 is 0. The van der Waals surface area contributed by atoms with Gasteiger partial charge in [-0.05, 0) is 30.9 Å². The number of anilines is 1. The number of nitrogens with zero attached hydrogens (tertiary/aromatic N) is 1. The molecule has 0 heterocycles. The van der Waals surface area contributed by atoms with Gasteiger partial charge in [-0.2, -0.15) is 0 Å². The first-order valence-corrected chi connectivity index (χ1v) is 10.6. The molecule has 7 nitrogen and oxygen atoms in total. The number of carbonyl (C=O) groups excluding carboxylic acids is 1. The van der Waals surface area contributed by atoms with E-state index in [0.29, 0.717) is 12.1 Å². The number of aryl methyl sites for hydroxylation is 1. The fraction of sp³-hybridized carbons (Fsp3) is 0.667. The number of hydrogen-bond acceptors (Lipinski definition) is 5. The Morgan fingerprint density at radius 2 is 1.39 bits per heavy atom. The van der Waals surface area contributed by atoms with Crippen LogP contribution in [0.2, 0.25) is 0 Å². The second-order valence-electron chi connectivity index (χ2n) is 7.46. The van der Waals surface area contributed by atoms with E-state index in [2.05, 4.69) is 5.43 Å². The molecule has 28 heavy (non-hydrogen) atoms. The summed E-state index contributed by atoms with van der Waals surface area (Å²) in [6.45, 7) is 0. The van der Waals surface area contributed by atoms with E-state index in [1.54, 1.807) is 12.1 Å². The van der Waals surface area contributed by atoms with Crippen LogP contribution in [0.4, 0.5) is 11.4 Å². The summed E-state index contributed by atoms with van der Waals surface area (Å²) in [4.78, 5) is 21.3. The van der Waals surface area contributed by atoms with Gasteiger partial charge in [0.1, 0.15) is 5.69 Å². The highest BCUT2D eigenvalue weighted by atomic mass is 16.6. The minimum Gasteiger partial charge on any atom is -0.370 e. The largest absolute Gasteiger partial charge is 0.370 e. The second kappa shape index (κ2) is 14.9. The van der Waals surface area contributed by atoms with Crippen molar-refractivity contribution in [3.05, 3.63) is 33.9 Å². The number of nitrogen functional groups attached to an aromatic ring is 1. The van der Waals surface area contributed by atoms with Gasteiger partial charge in [0.2, 0.25) is 5.91 Å². The fourth-order valence-electron chi connectivity index (χ4n) is 3.40. The number of nitrogens with two attached hydrogens (primary N) is 2. The Morgan fingerprint density at radius 1 is 0.893 bits per heavy atom. The number of rotatable bonds is 17. The Morgan fingerprint density at radius 3 is 1.86 bits per heavy atom. The summed E-state index contributed by atoms with van der Waals surface area (Å²) in [5.41, 5.74) is 8.86. The zero-order valence-electron chi connectivity index (χ0n) is 17.0. The van der Waals surface area contributed by atoms with Crippen molar-refractivity contribution in [3.63, 3.8) is 0 Å². The van der Waals surface area contributed by atoms with Crippen LogP contribution in [0, 0.1) is 10.1 Å². The summed E-state index contributed by atoms with van der Waals surface area (Å²) in [7, 11) is 0. The normalized spacial score (nSPS) is 10.8. The Kier molecular flexibility index (Phi) is 12.7. The molecule has 158 valence electrons. The molecule has 0 aliphatic carbocycles. The van der Waals surface area contributed by atoms with Crippen molar-refractivity contribution in [2.75, 3.05) is 5.43 Å². The van der Waals surface area contributed by atoms with Gasteiger partial charge in [0.05, 0.1) is 4.92 Å². The lowest BCUT2D eigenvalue weighted by Gasteiger charge is -2.06. The lowest BCUT2D eigenvalue weighted by atomic mass is 10.0. The molecule has 0 atom stereocenters. The van der Waals surface area contributed by atoms with E-state index in [1.165, 1.54) is 51.4 Å². The number of nitrogens with one attached hydrogen (secondary N) is 1. The van der Waals surface area contributed by atoms with Gasteiger partial charge in [0, 0.05) is 12.5 Å². The van der Waals surface area contributed by atoms with Crippen molar-refractivity contribution in [1.82, 2.24) is 0 Å². The lowest BCUT2D eigenvalue weighted by Crippen LogP contribution is -2.09. The summed E-state index contributed by atoms with van der Waals surface area (Å²) >= 11 is 0. The van der Waals surface area contributed by atoms with Gasteiger partial charge in [0.25, 0.3) is 5.69 Å². The summed E-state index contributed by atoms with van der Waals surface area (Å²) in [6, 6.07) is 5.18. The van der Waals surface area contributed by atoms with Crippen LogP contribution < -0.4 is 17.0 Å². The molecule has 0 fully saturated rings. The highest BCUT2D eigenvalue weighted by Crippen LogP contribution is 2.25. The van der Waals surface area contributed by atoms with E-state index in [4.69, 9.17) is 11.6 Å². The van der Waals surface area contributed by atoms with Gasteiger partial charge in [-0.25, -0.2) is 0 Å². The number of nitro benzene ring substituents is 1. The van der Waals surface area contributed by atoms with Crippen LogP contribution >= 0.6 is 0 Å². The highest BCUT2D eigenvalue weighted by molar-refractivity contribution is 5.73. The highest BCUT2D eigenvalue weighted by Gasteiger charge is 2.13. The van der Waals surface area contributed by atoms with Crippen molar-refractivity contribution >= 4 is 17.3 Å². The third kappa shape index (κ3) is 10.9. The number of primary amides is 1. The molecule has 1 amide bonds. The van der Waals surface area contributed by atoms with E-state index in [0.717, 1.165) is 37.7 Å². The molecule has 0 aromatic heterocycles. The Hall–Kier alpha value is -2.15. The second-order valence-corrected chi connectivity index (χ2v) is 7.46. The molecule has 1 rings (SSSR count). The Labute approximate surface area is 168 Å². The summed E-state index contributed by atoms with van der Waals surface area (Å²) in [6.07, 6.45) is 15.7. The third-order valence-electron chi connectivity index (χ3n) is 5.05. The molecule has 1 aromatic rings. The van der Waals surface area contributed by atoms with Crippen LogP contribution in [0.15, 0.2) is 18.2 Å². The van der Waals surface area contributed by atoms with Gasteiger partial charge < -0.3 is 11.2 Å². The molecule has 0 spiro atoms. The number of nitro groups is 1. The molecule has 0 radical (unpaired) electrons. The van der Waals surface area contributed by atoms with E-state index in [-0.39, 0.29) is 11.6 Å². The first-order valence-electron chi connectivity index (χ1n) is 10.6. The zero-order valence-corrected chi connectivity index (χ0v) is 17.0. The molecule has 0 bridgehead atoms. The SMILES string of the molecule is NNc1ccc(CCCCCCCCCCCCCCC(N)=O)cc1[N+](=O)[O-]. The van der Waals surface area contributed by atoms with Crippen molar-refractivity contribution in [1.29, 1.82) is 0 Å². The molecule has 0 saturated carbocycles. The van der Waals surface area contributed by atoms with E-state index in [9.17, 15) is 14.9 Å². The van der Waals surface area contributed by atoms with Crippen LogP contribution in [-0.4, -0.2) is 10.8 Å². The van der Waals surface area contributed by atoms with Gasteiger partial charge >= 0.3 is 0 Å². The minimum atomic E-state index is -0.403. The molecule has 0 unspecified atom stereocenters. The minimum absolute atomic E-state index is 0.0351. The first kappa shape index (κ1) is 23.9. The molecule has 5 N–H and O–H groups in total. The number of hydrogen-bond donors (Lipinski definition) is 3. The van der Waals surface area contributed by atoms with Crippen molar-refractivity contribution in [3.8, 4) is 0 Å². The van der Waals surface area contributed by atoms with E-state index >= 15 is 0 Å². The van der Waals surface area contributed by atoms with E-state index in [1.807, 2.05) is 6.07 Å². The Balaban J connectivity index is 1.97. The van der Waals surface area contributed by atoms with Crippen molar-refractivity contribution in [2.45, 2.75) is 89.9 Å². The average Bonchev–Trinajstić information content (AvgIpc) is 2.67. The predicted molar refractivity (Wildman–Crippen MR) is 114 cm³/mol. The lowest BCUT2D eigenvalue weighted by molar-refractivity contribution is -0.384. The molecular weight excluding hydrogens is 356 g/mol. The van der Waals surface area contributed by atoms with Crippen LogP contribution in [0.25, 0.3) is 0 Å². The third-order valence-corrected chi connectivity index (χ3v) is 5.05. The smallest absolute Gasteiger partial charge is 0.293 e. The summed E-state index contributed by atoms with van der Waals surface area (Å²) in [5.74, 6) is 5.11. The predicted octanol–water partition coefficient (Wildman–Crippen LogP) is 4.98. The molecule has 0 aliphatic heterocycles. The van der Waals surface area contributed by atoms with Gasteiger partial charge in [-0.3, -0.25) is 20.8 Å². The zero-order chi connectivity index (χ0) is 20.6. The van der Waals surface area contributed by atoms with Crippen LogP contribution in [0.3, 0.4) is 0 Å². The molecule has 1 aromatic carbocycles. The molecular formula is C21H36N4O3. The number of benzene rings is 1. The molecule has 0 saturated heterocycles. The Bertz CT molecular complexity index is 593. The number of carbonyl (C=O) groups is 1. The number of amides is 1. The maximum absolute atomic E-state index is 11.0. The maximum Gasteiger partial charge on any atom is 0.293 e. The molecule has 7 heteroatoms. The molecule has 0 aliphatic rings. The van der Waals surface area contributed by atoms with E-state index < -0.39 is 4.92 Å². The van der Waals surface area contributed by atoms with Gasteiger partial charge in [-0.15, -0.1) is 0 Å². The first-order chi connectivity index (χ1) is 13.5. The summed E-state index contributed by atoms with van der Waals surface area (Å²) in [5, 5.41) is 11.0. The number of hydrazine groups is 1. The fourth-order valence-corrected chi connectivity index (χ4v) is 3.40. The van der Waals surface area contributed by atoms with Crippen molar-refractivity contribution < 1.29 is 9.72 Å². The van der Waals surface area contributed by atoms with Crippen LogP contribution in [0.5, 0.6) is 0 Å². The van der Waals surface area contributed by atoms with Crippen LogP contribution in [-0.2, 0) is 11.2 Å². The quantitative estimate of drug-likeness (QED) is 0.149. The van der Waals surface area contributed by atoms with Gasteiger partial charge in [-0.1, -0.05) is 70.3 Å². The van der Waals surface area contributed by atoms with Crippen molar-refractivity contribution in [2.24, 2.45) is 11.6 Å². The topological polar surface area (TPSA) is 124 Å². The maximum atomic E-state index is 11.0. The average molecular weight is 393 g/mol. The van der Waals surface area contributed by atoms with Gasteiger partial charge in [0.15, 0.2) is 0 Å². The monoisotopic (exact) mass is 392 g/mol. The number of unbranched alkanes of at least 4 members (excludes halogenated alkanes) is 11. The van der Waals surface area contributed by atoms with Crippen LogP contribution in [0.1, 0.15) is 89.0 Å².